The van der Waals surface area contributed by atoms with Crippen LogP contribution in [0.5, 0.6) is 0 Å². The molecule has 2 heterocycles. The number of aromatic nitrogens is 3. The summed E-state index contributed by atoms with van der Waals surface area (Å²) in [6, 6.07) is 4.42. The molecule has 6 nitrogen and oxygen atoms in total. The van der Waals surface area contributed by atoms with E-state index >= 15 is 0 Å². The SMILES string of the molecule is Cc1nc(N)c2ncn(CCCCS(=O)(=O)c3ccc(Cl)cc3Cl)c2c1C. The number of nitrogen functional groups attached to an aromatic ring is 1. The molecule has 3 aromatic rings. The van der Waals surface area contributed by atoms with Crippen LogP contribution in [0.2, 0.25) is 10.0 Å². The first-order valence-corrected chi connectivity index (χ1v) is 10.9. The van der Waals surface area contributed by atoms with E-state index in [0.29, 0.717) is 35.7 Å². The van der Waals surface area contributed by atoms with E-state index in [2.05, 4.69) is 9.97 Å². The van der Waals surface area contributed by atoms with Crippen molar-refractivity contribution in [2.75, 3.05) is 11.5 Å². The number of sulfone groups is 1. The molecule has 0 aliphatic carbocycles. The number of hydrogen-bond donors (Lipinski definition) is 1. The lowest BCUT2D eigenvalue weighted by Gasteiger charge is -2.10. The number of nitrogens with two attached hydrogens (primary N) is 1. The van der Waals surface area contributed by atoms with Crippen molar-refractivity contribution < 1.29 is 8.42 Å². The minimum absolute atomic E-state index is 0.0166. The normalized spacial score (nSPS) is 12.0. The van der Waals surface area contributed by atoms with Crippen LogP contribution >= 0.6 is 23.2 Å². The van der Waals surface area contributed by atoms with E-state index in [1.54, 1.807) is 6.33 Å². The number of rotatable bonds is 6. The van der Waals surface area contributed by atoms with Crippen molar-refractivity contribution in [2.45, 2.75) is 38.1 Å². The average Bonchev–Trinajstić information content (AvgIpc) is 3.01. The second-order valence-corrected chi connectivity index (χ2v) is 9.36. The molecule has 144 valence electrons. The molecule has 0 saturated heterocycles. The lowest BCUT2D eigenvalue weighted by Crippen LogP contribution is -2.09. The Balaban J connectivity index is 1.70. The maximum absolute atomic E-state index is 12.5. The molecular weight excluding hydrogens is 407 g/mol. The highest BCUT2D eigenvalue weighted by molar-refractivity contribution is 7.91. The van der Waals surface area contributed by atoms with Crippen LogP contribution in [0.15, 0.2) is 29.4 Å². The van der Waals surface area contributed by atoms with E-state index in [9.17, 15) is 8.42 Å². The third kappa shape index (κ3) is 4.05. The number of pyridine rings is 1. The van der Waals surface area contributed by atoms with Gasteiger partial charge in [-0.1, -0.05) is 23.2 Å². The Morgan fingerprint density at radius 1 is 1.19 bits per heavy atom. The second-order valence-electron chi connectivity index (χ2n) is 6.44. The highest BCUT2D eigenvalue weighted by atomic mass is 35.5. The molecule has 2 aromatic heterocycles. The molecule has 0 amide bonds. The molecule has 9 heteroatoms. The molecule has 3 rings (SSSR count). The van der Waals surface area contributed by atoms with E-state index in [-0.39, 0.29) is 15.7 Å². The van der Waals surface area contributed by atoms with E-state index in [0.717, 1.165) is 16.8 Å². The van der Waals surface area contributed by atoms with Crippen LogP contribution in [0.4, 0.5) is 5.82 Å². The van der Waals surface area contributed by atoms with Crippen LogP contribution in [-0.2, 0) is 16.4 Å². The van der Waals surface area contributed by atoms with Gasteiger partial charge in [0.1, 0.15) is 5.52 Å². The van der Waals surface area contributed by atoms with Gasteiger partial charge in [0.05, 0.1) is 27.5 Å². The number of hydrogen-bond acceptors (Lipinski definition) is 5. The zero-order chi connectivity index (χ0) is 19.8. The summed E-state index contributed by atoms with van der Waals surface area (Å²) in [7, 11) is -3.46. The topological polar surface area (TPSA) is 90.9 Å². The summed E-state index contributed by atoms with van der Waals surface area (Å²) in [5, 5.41) is 0.558. The number of unbranched alkanes of at least 4 members (excludes halogenated alkanes) is 1. The van der Waals surface area contributed by atoms with Crippen molar-refractivity contribution >= 4 is 49.9 Å². The van der Waals surface area contributed by atoms with E-state index in [4.69, 9.17) is 28.9 Å². The zero-order valence-corrected chi connectivity index (χ0v) is 17.4. The highest BCUT2D eigenvalue weighted by Gasteiger charge is 2.18. The van der Waals surface area contributed by atoms with E-state index < -0.39 is 9.84 Å². The third-order valence-electron chi connectivity index (χ3n) is 4.56. The van der Waals surface area contributed by atoms with Gasteiger partial charge in [-0.15, -0.1) is 0 Å². The van der Waals surface area contributed by atoms with Crippen molar-refractivity contribution in [1.29, 1.82) is 0 Å². The molecule has 0 radical (unpaired) electrons. The van der Waals surface area contributed by atoms with E-state index in [1.165, 1.54) is 18.2 Å². The van der Waals surface area contributed by atoms with E-state index in [1.807, 2.05) is 18.4 Å². The fraction of sp³-hybridized carbons (Fsp3) is 0.333. The van der Waals surface area contributed by atoms with Gasteiger partial charge in [0.15, 0.2) is 15.7 Å². The summed E-state index contributed by atoms with van der Waals surface area (Å²) in [6.45, 7) is 4.53. The molecule has 0 bridgehead atoms. The van der Waals surface area contributed by atoms with Gasteiger partial charge >= 0.3 is 0 Å². The fourth-order valence-corrected chi connectivity index (χ4v) is 5.23. The number of nitrogens with zero attached hydrogens (tertiary/aromatic N) is 3. The summed E-state index contributed by atoms with van der Waals surface area (Å²) < 4.78 is 27.0. The number of halogens is 2. The average molecular weight is 427 g/mol. The Morgan fingerprint density at radius 3 is 2.63 bits per heavy atom. The lowest BCUT2D eigenvalue weighted by molar-refractivity contribution is 0.585. The van der Waals surface area contributed by atoms with Crippen LogP contribution in [0.3, 0.4) is 0 Å². The maximum atomic E-state index is 12.5. The standard InChI is InChI=1S/C18H20Cl2N4O2S/c1-11-12(2)23-18(21)16-17(11)24(10-22-16)7-3-4-8-27(25,26)15-6-5-13(19)9-14(15)20/h5-6,9-10H,3-4,7-8H2,1-2H3,(H2,21,23). The van der Waals surface area contributed by atoms with Crippen LogP contribution in [0.1, 0.15) is 24.1 Å². The molecule has 0 aliphatic rings. The predicted molar refractivity (Wildman–Crippen MR) is 109 cm³/mol. The summed E-state index contributed by atoms with van der Waals surface area (Å²) >= 11 is 11.9. The van der Waals surface area contributed by atoms with Crippen molar-refractivity contribution in [3.63, 3.8) is 0 Å². The third-order valence-corrected chi connectivity index (χ3v) is 7.07. The maximum Gasteiger partial charge on any atom is 0.179 e. The molecule has 27 heavy (non-hydrogen) atoms. The summed E-state index contributed by atoms with van der Waals surface area (Å²) in [6.07, 6.45) is 2.90. The fourth-order valence-electron chi connectivity index (χ4n) is 3.03. The van der Waals surface area contributed by atoms with Gasteiger partial charge in [-0.2, -0.15) is 0 Å². The number of aryl methyl sites for hydroxylation is 3. The first-order chi connectivity index (χ1) is 12.7. The second kappa shape index (κ2) is 7.66. The number of benzene rings is 1. The summed E-state index contributed by atoms with van der Waals surface area (Å²) in [5.41, 5.74) is 9.47. The Morgan fingerprint density at radius 2 is 1.93 bits per heavy atom. The minimum Gasteiger partial charge on any atom is -0.382 e. The molecule has 0 unspecified atom stereocenters. The van der Waals surface area contributed by atoms with Gasteiger partial charge in [0, 0.05) is 17.3 Å². The molecule has 2 N–H and O–H groups in total. The van der Waals surface area contributed by atoms with Gasteiger partial charge in [-0.3, -0.25) is 0 Å². The van der Waals surface area contributed by atoms with Crippen LogP contribution in [0.25, 0.3) is 11.0 Å². The van der Waals surface area contributed by atoms with Crippen LogP contribution in [0, 0.1) is 13.8 Å². The Bertz CT molecular complexity index is 1110. The molecule has 0 saturated carbocycles. The van der Waals surface area contributed by atoms with Gasteiger partial charge in [0.25, 0.3) is 0 Å². The van der Waals surface area contributed by atoms with Crippen molar-refractivity contribution in [1.82, 2.24) is 14.5 Å². The number of fused-ring (bicyclic) bond motifs is 1. The quantitative estimate of drug-likeness (QED) is 0.596. The Kier molecular flexibility index (Phi) is 5.65. The van der Waals surface area contributed by atoms with Crippen LogP contribution in [-0.4, -0.2) is 28.7 Å². The van der Waals surface area contributed by atoms with Crippen molar-refractivity contribution in [3.8, 4) is 0 Å². The molecule has 0 aliphatic heterocycles. The smallest absolute Gasteiger partial charge is 0.179 e. The Hall–Kier alpha value is -1.83. The molecular formula is C18H20Cl2N4O2S. The van der Waals surface area contributed by atoms with Gasteiger partial charge < -0.3 is 10.3 Å². The predicted octanol–water partition coefficient (Wildman–Crippen LogP) is 4.19. The number of anilines is 1. The van der Waals surface area contributed by atoms with Gasteiger partial charge in [-0.05, 0) is 50.5 Å². The molecule has 0 spiro atoms. The molecule has 1 aromatic carbocycles. The van der Waals surface area contributed by atoms with Crippen molar-refractivity contribution in [3.05, 3.63) is 45.8 Å². The monoisotopic (exact) mass is 426 g/mol. The highest BCUT2D eigenvalue weighted by Crippen LogP contribution is 2.27. The first kappa shape index (κ1) is 19.9. The minimum atomic E-state index is -3.46. The first-order valence-electron chi connectivity index (χ1n) is 8.46. The van der Waals surface area contributed by atoms with Crippen LogP contribution < -0.4 is 5.73 Å². The van der Waals surface area contributed by atoms with Crippen molar-refractivity contribution in [2.24, 2.45) is 0 Å². The van der Waals surface area contributed by atoms with Gasteiger partial charge in [-0.25, -0.2) is 18.4 Å². The summed E-state index contributed by atoms with van der Waals surface area (Å²) in [4.78, 5) is 8.75. The lowest BCUT2D eigenvalue weighted by atomic mass is 10.2. The molecule has 0 atom stereocenters. The van der Waals surface area contributed by atoms with Gasteiger partial charge in [0.2, 0.25) is 0 Å². The number of imidazole rings is 1. The largest absolute Gasteiger partial charge is 0.382 e. The summed E-state index contributed by atoms with van der Waals surface area (Å²) in [5.74, 6) is 0.426. The molecule has 0 fully saturated rings. The zero-order valence-electron chi connectivity index (χ0n) is 15.0. The Labute approximate surface area is 168 Å².